The molecule has 0 bridgehead atoms. The number of nitrogens with zero attached hydrogens (tertiary/aromatic N) is 1. The lowest BCUT2D eigenvalue weighted by atomic mass is 10.0. The zero-order valence-electron chi connectivity index (χ0n) is 12.6. The third kappa shape index (κ3) is 3.78. The summed E-state index contributed by atoms with van der Waals surface area (Å²) >= 11 is 0. The Morgan fingerprint density at radius 3 is 2.26 bits per heavy atom. The molecule has 122 valence electrons. The van der Waals surface area contributed by atoms with Crippen LogP contribution in [0.2, 0.25) is 0 Å². The number of nitrogens with one attached hydrogen (secondary N) is 1. The number of phenolic OH excluding ortho intramolecular Hbond substituents is 1. The van der Waals surface area contributed by atoms with Gasteiger partial charge in [0.2, 0.25) is 0 Å². The maximum atomic E-state index is 12.3. The van der Waals surface area contributed by atoms with Crippen LogP contribution in [-0.2, 0) is 10.0 Å². The van der Waals surface area contributed by atoms with Gasteiger partial charge in [-0.3, -0.25) is 14.8 Å². The summed E-state index contributed by atoms with van der Waals surface area (Å²) in [7, 11) is -3.95. The zero-order chi connectivity index (χ0) is 17.2. The van der Waals surface area contributed by atoms with Crippen molar-refractivity contribution < 1.29 is 18.4 Å². The molecule has 0 radical (unpaired) electrons. The summed E-state index contributed by atoms with van der Waals surface area (Å²) < 4.78 is 26.8. The standard InChI is InChI=1S/C15H16N2O5S/c1-10(2)11-3-6-13(7-4-11)23(21,22)16-14-9-12(17(19)20)5-8-15(14)18/h3-10,16,18H,1-2H3. The minimum Gasteiger partial charge on any atom is -0.506 e. The van der Waals surface area contributed by atoms with Crippen molar-refractivity contribution in [2.75, 3.05) is 4.72 Å². The van der Waals surface area contributed by atoms with E-state index < -0.39 is 20.7 Å². The van der Waals surface area contributed by atoms with Crippen molar-refractivity contribution in [1.29, 1.82) is 0 Å². The predicted octanol–water partition coefficient (Wildman–Crippen LogP) is 3.22. The van der Waals surface area contributed by atoms with Crippen LogP contribution >= 0.6 is 0 Å². The lowest BCUT2D eigenvalue weighted by molar-refractivity contribution is -0.384. The monoisotopic (exact) mass is 336 g/mol. The number of sulfonamides is 1. The van der Waals surface area contributed by atoms with E-state index in [1.165, 1.54) is 12.1 Å². The van der Waals surface area contributed by atoms with E-state index in [9.17, 15) is 23.6 Å². The normalized spacial score (nSPS) is 11.4. The number of hydrogen-bond acceptors (Lipinski definition) is 5. The molecule has 0 saturated heterocycles. The smallest absolute Gasteiger partial charge is 0.271 e. The largest absolute Gasteiger partial charge is 0.506 e. The lowest BCUT2D eigenvalue weighted by Gasteiger charge is -2.11. The van der Waals surface area contributed by atoms with Gasteiger partial charge in [-0.15, -0.1) is 0 Å². The second-order valence-electron chi connectivity index (χ2n) is 5.29. The number of hydrogen-bond donors (Lipinski definition) is 2. The maximum absolute atomic E-state index is 12.3. The molecule has 2 aromatic carbocycles. The van der Waals surface area contributed by atoms with E-state index >= 15 is 0 Å². The number of benzene rings is 2. The number of non-ortho nitro benzene ring substituents is 1. The summed E-state index contributed by atoms with van der Waals surface area (Å²) in [5.74, 6) is -0.126. The van der Waals surface area contributed by atoms with Crippen molar-refractivity contribution >= 4 is 21.4 Å². The fraction of sp³-hybridized carbons (Fsp3) is 0.200. The van der Waals surface area contributed by atoms with Crippen molar-refractivity contribution in [3.05, 3.63) is 58.1 Å². The van der Waals surface area contributed by atoms with Gasteiger partial charge in [-0.1, -0.05) is 26.0 Å². The second-order valence-corrected chi connectivity index (χ2v) is 6.97. The first-order valence-electron chi connectivity index (χ1n) is 6.81. The van der Waals surface area contributed by atoms with Gasteiger partial charge in [-0.05, 0) is 29.7 Å². The Morgan fingerprint density at radius 1 is 1.13 bits per heavy atom. The molecule has 0 aliphatic carbocycles. The first-order valence-corrected chi connectivity index (χ1v) is 8.29. The Morgan fingerprint density at radius 2 is 1.74 bits per heavy atom. The van der Waals surface area contributed by atoms with Gasteiger partial charge >= 0.3 is 0 Å². The van der Waals surface area contributed by atoms with E-state index in [0.717, 1.165) is 23.8 Å². The molecule has 8 heteroatoms. The van der Waals surface area contributed by atoms with E-state index in [2.05, 4.69) is 4.72 Å². The highest BCUT2D eigenvalue weighted by Crippen LogP contribution is 2.30. The highest BCUT2D eigenvalue weighted by atomic mass is 32.2. The van der Waals surface area contributed by atoms with Crippen molar-refractivity contribution in [3.8, 4) is 5.75 Å². The third-order valence-electron chi connectivity index (χ3n) is 3.29. The predicted molar refractivity (Wildman–Crippen MR) is 86.1 cm³/mol. The average Bonchev–Trinajstić information content (AvgIpc) is 2.49. The number of phenols is 1. The lowest BCUT2D eigenvalue weighted by Crippen LogP contribution is -2.13. The van der Waals surface area contributed by atoms with Gasteiger partial charge in [0.25, 0.3) is 15.7 Å². The van der Waals surface area contributed by atoms with Gasteiger partial charge in [0.15, 0.2) is 0 Å². The summed E-state index contributed by atoms with van der Waals surface area (Å²) in [6.45, 7) is 3.98. The van der Waals surface area contributed by atoms with Crippen LogP contribution in [0.4, 0.5) is 11.4 Å². The van der Waals surface area contributed by atoms with Crippen LogP contribution in [0.3, 0.4) is 0 Å². The number of rotatable bonds is 5. The van der Waals surface area contributed by atoms with Crippen LogP contribution < -0.4 is 4.72 Å². The molecule has 0 aromatic heterocycles. The van der Waals surface area contributed by atoms with Crippen LogP contribution in [0, 0.1) is 10.1 Å². The van der Waals surface area contributed by atoms with Gasteiger partial charge in [0, 0.05) is 12.1 Å². The van der Waals surface area contributed by atoms with Crippen LogP contribution in [0.25, 0.3) is 0 Å². The van der Waals surface area contributed by atoms with Gasteiger partial charge < -0.3 is 5.11 Å². The third-order valence-corrected chi connectivity index (χ3v) is 4.67. The molecule has 0 fully saturated rings. The Labute approximate surface area is 133 Å². The van der Waals surface area contributed by atoms with E-state index in [1.807, 2.05) is 13.8 Å². The summed E-state index contributed by atoms with van der Waals surface area (Å²) in [5, 5.41) is 20.4. The van der Waals surface area contributed by atoms with E-state index in [0.29, 0.717) is 0 Å². The zero-order valence-corrected chi connectivity index (χ0v) is 13.4. The number of aromatic hydroxyl groups is 1. The fourth-order valence-electron chi connectivity index (χ4n) is 1.95. The van der Waals surface area contributed by atoms with Crippen molar-refractivity contribution in [2.45, 2.75) is 24.7 Å². The van der Waals surface area contributed by atoms with E-state index in [4.69, 9.17) is 0 Å². The summed E-state index contributed by atoms with van der Waals surface area (Å²) in [6, 6.07) is 9.43. The Kier molecular flexibility index (Phi) is 4.55. The van der Waals surface area contributed by atoms with E-state index in [1.54, 1.807) is 12.1 Å². The summed E-state index contributed by atoms with van der Waals surface area (Å²) in [4.78, 5) is 10.1. The Bertz CT molecular complexity index is 829. The summed E-state index contributed by atoms with van der Waals surface area (Å²) in [5.41, 5.74) is 0.421. The second kappa shape index (κ2) is 6.25. The highest BCUT2D eigenvalue weighted by Gasteiger charge is 2.18. The van der Waals surface area contributed by atoms with Crippen LogP contribution in [0.5, 0.6) is 5.75 Å². The number of nitro benzene ring substituents is 1. The Hall–Kier alpha value is -2.61. The molecule has 2 N–H and O–H groups in total. The molecule has 23 heavy (non-hydrogen) atoms. The molecule has 0 spiro atoms. The minimum absolute atomic E-state index is 0.00723. The first kappa shape index (κ1) is 16.8. The van der Waals surface area contributed by atoms with Crippen LogP contribution in [0.15, 0.2) is 47.4 Å². The minimum atomic E-state index is -3.95. The molecular weight excluding hydrogens is 320 g/mol. The summed E-state index contributed by atoms with van der Waals surface area (Å²) in [6.07, 6.45) is 0. The SMILES string of the molecule is CC(C)c1ccc(S(=O)(=O)Nc2cc([N+](=O)[O-])ccc2O)cc1. The van der Waals surface area contributed by atoms with Crippen molar-refractivity contribution in [3.63, 3.8) is 0 Å². The average molecular weight is 336 g/mol. The van der Waals surface area contributed by atoms with E-state index in [-0.39, 0.29) is 22.2 Å². The fourth-order valence-corrected chi connectivity index (χ4v) is 3.02. The van der Waals surface area contributed by atoms with Crippen LogP contribution in [-0.4, -0.2) is 18.4 Å². The number of anilines is 1. The maximum Gasteiger partial charge on any atom is 0.271 e. The molecule has 7 nitrogen and oxygen atoms in total. The van der Waals surface area contributed by atoms with Crippen molar-refractivity contribution in [2.24, 2.45) is 0 Å². The molecule has 0 heterocycles. The van der Waals surface area contributed by atoms with Crippen LogP contribution in [0.1, 0.15) is 25.3 Å². The topological polar surface area (TPSA) is 110 Å². The Balaban J connectivity index is 2.34. The molecule has 0 aliphatic heterocycles. The molecular formula is C15H16N2O5S. The molecule has 2 aromatic rings. The molecule has 0 unspecified atom stereocenters. The highest BCUT2D eigenvalue weighted by molar-refractivity contribution is 7.92. The molecule has 2 rings (SSSR count). The van der Waals surface area contributed by atoms with Gasteiger partial charge in [0.1, 0.15) is 5.75 Å². The quantitative estimate of drug-likeness (QED) is 0.495. The number of nitro groups is 1. The van der Waals surface area contributed by atoms with Gasteiger partial charge in [0.05, 0.1) is 15.5 Å². The molecule has 0 atom stereocenters. The molecule has 0 saturated carbocycles. The molecule has 0 amide bonds. The van der Waals surface area contributed by atoms with Crippen molar-refractivity contribution in [1.82, 2.24) is 0 Å². The van der Waals surface area contributed by atoms with Gasteiger partial charge in [-0.25, -0.2) is 8.42 Å². The first-order chi connectivity index (χ1) is 10.7. The molecule has 0 aliphatic rings. The van der Waals surface area contributed by atoms with Gasteiger partial charge in [-0.2, -0.15) is 0 Å².